The van der Waals surface area contributed by atoms with E-state index in [2.05, 4.69) is 10.2 Å². The highest BCUT2D eigenvalue weighted by molar-refractivity contribution is 6.11. The summed E-state index contributed by atoms with van der Waals surface area (Å²) < 4.78 is 0. The first kappa shape index (κ1) is 24.0. The Hall–Kier alpha value is -3.68. The first-order valence-electron chi connectivity index (χ1n) is 12.4. The Morgan fingerprint density at radius 1 is 1.14 bits per heavy atom. The van der Waals surface area contributed by atoms with Crippen molar-refractivity contribution < 1.29 is 14.4 Å². The molecule has 3 heterocycles. The molecule has 0 atom stereocenters. The van der Waals surface area contributed by atoms with Crippen molar-refractivity contribution in [1.29, 1.82) is 0 Å². The van der Waals surface area contributed by atoms with Crippen molar-refractivity contribution in [2.45, 2.75) is 51.5 Å². The van der Waals surface area contributed by atoms with Crippen LogP contribution < -0.4 is 4.90 Å². The summed E-state index contributed by atoms with van der Waals surface area (Å²) in [7, 11) is 1.78. The van der Waals surface area contributed by atoms with Gasteiger partial charge in [0.1, 0.15) is 6.54 Å². The molecule has 2 aliphatic heterocycles. The van der Waals surface area contributed by atoms with Crippen LogP contribution >= 0.6 is 0 Å². The number of carbonyl (C=O) groups excluding carboxylic acids is 3. The molecule has 1 spiro atoms. The van der Waals surface area contributed by atoms with Gasteiger partial charge >= 0.3 is 0 Å². The van der Waals surface area contributed by atoms with E-state index in [4.69, 9.17) is 0 Å². The van der Waals surface area contributed by atoms with Gasteiger partial charge in [-0.15, -0.1) is 0 Å². The molecule has 1 fully saturated rings. The lowest BCUT2D eigenvalue weighted by Crippen LogP contribution is -2.52. The Morgan fingerprint density at radius 3 is 2.56 bits per heavy atom. The predicted molar refractivity (Wildman–Crippen MR) is 139 cm³/mol. The average molecular weight is 488 g/mol. The van der Waals surface area contributed by atoms with E-state index in [-0.39, 0.29) is 29.8 Å². The van der Waals surface area contributed by atoms with Crippen LogP contribution in [0, 0.1) is 6.92 Å². The third kappa shape index (κ3) is 3.75. The number of anilines is 1. The van der Waals surface area contributed by atoms with Crippen molar-refractivity contribution in [2.75, 3.05) is 31.6 Å². The van der Waals surface area contributed by atoms with Gasteiger partial charge in [0.25, 0.3) is 5.91 Å². The van der Waals surface area contributed by atoms with Gasteiger partial charge in [-0.1, -0.05) is 12.1 Å². The summed E-state index contributed by atoms with van der Waals surface area (Å²) in [6, 6.07) is 11.4. The summed E-state index contributed by atoms with van der Waals surface area (Å²) in [5, 5.41) is 7.83. The number of piperidine rings is 1. The standard InChI is InChI=1S/C28H33N5O3/c1-18-7-6-8-22-24(18)28(26(36)33(22)17-23(34)31(5)27(2,3)4)11-13-32(14-12-28)25(35)19-9-10-21-20(15-19)16-29-30-21/h6-10,15-16H,11-14,17H2,1-5H3,(H,29,30). The third-order valence-electron chi connectivity index (χ3n) is 7.94. The lowest BCUT2D eigenvalue weighted by atomic mass is 9.72. The van der Waals surface area contributed by atoms with E-state index in [0.29, 0.717) is 31.5 Å². The molecule has 1 aromatic heterocycles. The van der Waals surface area contributed by atoms with Crippen LogP contribution in [0.25, 0.3) is 10.9 Å². The van der Waals surface area contributed by atoms with Gasteiger partial charge in [-0.05, 0) is 75.9 Å². The summed E-state index contributed by atoms with van der Waals surface area (Å²) in [6.07, 6.45) is 2.77. The zero-order valence-corrected chi connectivity index (χ0v) is 21.6. The normalized spacial score (nSPS) is 17.1. The summed E-state index contributed by atoms with van der Waals surface area (Å²) >= 11 is 0. The Kier molecular flexibility index (Phi) is 5.65. The van der Waals surface area contributed by atoms with Gasteiger partial charge < -0.3 is 14.7 Å². The first-order valence-corrected chi connectivity index (χ1v) is 12.4. The number of aryl methyl sites for hydroxylation is 1. The van der Waals surface area contributed by atoms with E-state index in [1.165, 1.54) is 0 Å². The lowest BCUT2D eigenvalue weighted by molar-refractivity contribution is -0.134. The molecule has 1 saturated heterocycles. The smallest absolute Gasteiger partial charge is 0.253 e. The predicted octanol–water partition coefficient (Wildman–Crippen LogP) is 3.65. The Labute approximate surface area is 211 Å². The molecule has 0 saturated carbocycles. The number of benzene rings is 2. The number of hydrogen-bond acceptors (Lipinski definition) is 4. The van der Waals surface area contributed by atoms with Crippen molar-refractivity contribution in [3.8, 4) is 0 Å². The number of fused-ring (bicyclic) bond motifs is 3. The molecular formula is C28H33N5O3. The minimum absolute atomic E-state index is 0.0121. The van der Waals surface area contributed by atoms with Crippen LogP contribution in [0.15, 0.2) is 42.6 Å². The number of nitrogens with zero attached hydrogens (tertiary/aromatic N) is 4. The maximum Gasteiger partial charge on any atom is 0.253 e. The number of nitrogens with one attached hydrogen (secondary N) is 1. The number of H-pyrrole nitrogens is 1. The molecule has 0 radical (unpaired) electrons. The topological polar surface area (TPSA) is 89.6 Å². The van der Waals surface area contributed by atoms with Crippen molar-refractivity contribution >= 4 is 34.3 Å². The highest BCUT2D eigenvalue weighted by atomic mass is 16.2. The number of aromatic amines is 1. The second kappa shape index (κ2) is 8.47. The minimum atomic E-state index is -0.716. The van der Waals surface area contributed by atoms with Crippen molar-refractivity contribution in [2.24, 2.45) is 0 Å². The van der Waals surface area contributed by atoms with Crippen LogP contribution in [0.2, 0.25) is 0 Å². The number of likely N-dealkylation sites (N-methyl/N-ethyl adjacent to an activating group) is 1. The largest absolute Gasteiger partial charge is 0.339 e. The Bertz CT molecular complexity index is 1360. The van der Waals surface area contributed by atoms with Crippen LogP contribution in [0.1, 0.15) is 55.1 Å². The molecular weight excluding hydrogens is 454 g/mol. The highest BCUT2D eigenvalue weighted by Crippen LogP contribution is 2.49. The van der Waals surface area contributed by atoms with E-state index >= 15 is 0 Å². The van der Waals surface area contributed by atoms with Crippen molar-refractivity contribution in [3.05, 3.63) is 59.3 Å². The number of amides is 3. The fourth-order valence-corrected chi connectivity index (χ4v) is 5.56. The molecule has 5 rings (SSSR count). The highest BCUT2D eigenvalue weighted by Gasteiger charge is 2.53. The third-order valence-corrected chi connectivity index (χ3v) is 7.94. The van der Waals surface area contributed by atoms with E-state index < -0.39 is 5.41 Å². The monoisotopic (exact) mass is 487 g/mol. The molecule has 0 unspecified atom stereocenters. The van der Waals surface area contributed by atoms with Gasteiger partial charge in [0.05, 0.1) is 17.1 Å². The molecule has 1 N–H and O–H groups in total. The van der Waals surface area contributed by atoms with E-state index in [0.717, 1.165) is 27.7 Å². The quantitative estimate of drug-likeness (QED) is 0.611. The molecule has 2 aliphatic rings. The van der Waals surface area contributed by atoms with Crippen molar-refractivity contribution in [3.63, 3.8) is 0 Å². The molecule has 8 heteroatoms. The van der Waals surface area contributed by atoms with Crippen LogP contribution in [-0.4, -0.2) is 69.9 Å². The van der Waals surface area contributed by atoms with Gasteiger partial charge in [-0.2, -0.15) is 5.10 Å². The van der Waals surface area contributed by atoms with Gasteiger partial charge in [0.2, 0.25) is 11.8 Å². The van der Waals surface area contributed by atoms with Gasteiger partial charge in [0.15, 0.2) is 0 Å². The molecule has 3 amide bonds. The second-order valence-corrected chi connectivity index (χ2v) is 11.0. The van der Waals surface area contributed by atoms with E-state index in [9.17, 15) is 14.4 Å². The van der Waals surface area contributed by atoms with Crippen LogP contribution in [0.3, 0.4) is 0 Å². The number of aromatic nitrogens is 2. The molecule has 0 aliphatic carbocycles. The molecule has 8 nitrogen and oxygen atoms in total. The van der Waals surface area contributed by atoms with Gasteiger partial charge in [-0.3, -0.25) is 19.5 Å². The van der Waals surface area contributed by atoms with E-state index in [1.54, 1.807) is 23.0 Å². The average Bonchev–Trinajstić information content (AvgIpc) is 3.40. The molecule has 3 aromatic rings. The van der Waals surface area contributed by atoms with Gasteiger partial charge in [-0.25, -0.2) is 0 Å². The SMILES string of the molecule is Cc1cccc2c1C1(CCN(C(=O)c3ccc4[nH]ncc4c3)CC1)C(=O)N2CC(=O)N(C)C(C)(C)C. The van der Waals surface area contributed by atoms with Crippen molar-refractivity contribution in [1.82, 2.24) is 20.0 Å². The number of hydrogen-bond donors (Lipinski definition) is 1. The minimum Gasteiger partial charge on any atom is -0.339 e. The van der Waals surface area contributed by atoms with Crippen LogP contribution in [-0.2, 0) is 15.0 Å². The van der Waals surface area contributed by atoms with Crippen LogP contribution in [0.5, 0.6) is 0 Å². The summed E-state index contributed by atoms with van der Waals surface area (Å²) in [6.45, 7) is 8.93. The molecule has 188 valence electrons. The number of likely N-dealkylation sites (tertiary alicyclic amines) is 1. The maximum absolute atomic E-state index is 14.0. The molecule has 2 aromatic carbocycles. The molecule has 0 bridgehead atoms. The Morgan fingerprint density at radius 2 is 1.86 bits per heavy atom. The zero-order valence-electron chi connectivity index (χ0n) is 21.6. The maximum atomic E-state index is 14.0. The Balaban J connectivity index is 1.40. The summed E-state index contributed by atoms with van der Waals surface area (Å²) in [4.78, 5) is 45.6. The van der Waals surface area contributed by atoms with Crippen LogP contribution in [0.4, 0.5) is 5.69 Å². The fourth-order valence-electron chi connectivity index (χ4n) is 5.56. The molecule has 36 heavy (non-hydrogen) atoms. The second-order valence-electron chi connectivity index (χ2n) is 11.0. The van der Waals surface area contributed by atoms with E-state index in [1.807, 2.05) is 69.0 Å². The zero-order chi connectivity index (χ0) is 25.8. The lowest BCUT2D eigenvalue weighted by Gasteiger charge is -2.39. The first-order chi connectivity index (χ1) is 17.0. The summed E-state index contributed by atoms with van der Waals surface area (Å²) in [5.74, 6) is -0.167. The fraction of sp³-hybridized carbons (Fsp3) is 0.429. The number of rotatable bonds is 3. The number of carbonyl (C=O) groups is 3. The summed E-state index contributed by atoms with van der Waals surface area (Å²) in [5.41, 5.74) is 3.33. The van der Waals surface area contributed by atoms with Gasteiger partial charge in [0, 0.05) is 42.3 Å².